The zero-order valence-corrected chi connectivity index (χ0v) is 12.3. The maximum absolute atomic E-state index is 12.1. The second kappa shape index (κ2) is 5.94. The van der Waals surface area contributed by atoms with Crippen LogP contribution in [0.3, 0.4) is 0 Å². The van der Waals surface area contributed by atoms with E-state index in [0.717, 1.165) is 6.26 Å². The van der Waals surface area contributed by atoms with Crippen molar-refractivity contribution in [2.24, 2.45) is 0 Å². The standard InChI is InChI=1S/C14H12N2O5S/c1-22(20,21)13-4-2-3-10(9-13)14(17)15-11-5-7-12(8-6-11)16(18)19/h2-9H,1H3,(H,15,17). The van der Waals surface area contributed by atoms with E-state index in [-0.39, 0.29) is 16.1 Å². The van der Waals surface area contributed by atoms with Crippen LogP contribution in [0.5, 0.6) is 0 Å². The molecule has 114 valence electrons. The Labute approximate surface area is 126 Å². The molecule has 0 spiro atoms. The molecule has 0 bridgehead atoms. The van der Waals surface area contributed by atoms with Crippen LogP contribution in [0, 0.1) is 10.1 Å². The maximum atomic E-state index is 12.1. The Morgan fingerprint density at radius 2 is 1.77 bits per heavy atom. The molecule has 2 aromatic rings. The fourth-order valence-electron chi connectivity index (χ4n) is 1.74. The van der Waals surface area contributed by atoms with Gasteiger partial charge in [-0.15, -0.1) is 0 Å². The van der Waals surface area contributed by atoms with Crippen molar-refractivity contribution in [3.8, 4) is 0 Å². The van der Waals surface area contributed by atoms with Gasteiger partial charge in [0, 0.05) is 29.6 Å². The molecule has 8 heteroatoms. The second-order valence-electron chi connectivity index (χ2n) is 4.56. The van der Waals surface area contributed by atoms with Crippen LogP contribution in [0.4, 0.5) is 11.4 Å². The Balaban J connectivity index is 2.20. The SMILES string of the molecule is CS(=O)(=O)c1cccc(C(=O)Nc2ccc([N+](=O)[O-])cc2)c1. The van der Waals surface area contributed by atoms with E-state index < -0.39 is 20.7 Å². The molecule has 0 aliphatic rings. The lowest BCUT2D eigenvalue weighted by atomic mass is 10.2. The average Bonchev–Trinajstić information content (AvgIpc) is 2.47. The summed E-state index contributed by atoms with van der Waals surface area (Å²) in [5, 5.41) is 13.1. The molecule has 2 rings (SSSR count). The Kier molecular flexibility index (Phi) is 4.22. The van der Waals surface area contributed by atoms with E-state index in [0.29, 0.717) is 5.69 Å². The predicted molar refractivity (Wildman–Crippen MR) is 80.6 cm³/mol. The lowest BCUT2D eigenvalue weighted by Gasteiger charge is -2.06. The number of non-ortho nitro benzene ring substituents is 1. The van der Waals surface area contributed by atoms with Crippen molar-refractivity contribution in [1.29, 1.82) is 0 Å². The summed E-state index contributed by atoms with van der Waals surface area (Å²) in [6.07, 6.45) is 1.06. The molecule has 0 fully saturated rings. The monoisotopic (exact) mass is 320 g/mol. The number of carbonyl (C=O) groups excluding carboxylic acids is 1. The molecular formula is C14H12N2O5S. The fourth-order valence-corrected chi connectivity index (χ4v) is 2.40. The molecule has 1 N–H and O–H groups in total. The number of rotatable bonds is 4. The number of sulfone groups is 1. The van der Waals surface area contributed by atoms with Crippen molar-refractivity contribution in [3.05, 3.63) is 64.2 Å². The Bertz CT molecular complexity index is 829. The maximum Gasteiger partial charge on any atom is 0.269 e. The number of amides is 1. The molecule has 22 heavy (non-hydrogen) atoms. The van der Waals surface area contributed by atoms with Crippen LogP contribution in [0.2, 0.25) is 0 Å². The summed E-state index contributed by atoms with van der Waals surface area (Å²) in [6.45, 7) is 0. The molecular weight excluding hydrogens is 308 g/mol. The fraction of sp³-hybridized carbons (Fsp3) is 0.0714. The molecule has 1 amide bonds. The van der Waals surface area contributed by atoms with Gasteiger partial charge in [0.15, 0.2) is 9.84 Å². The van der Waals surface area contributed by atoms with Crippen LogP contribution in [-0.4, -0.2) is 25.5 Å². The Morgan fingerprint density at radius 3 is 2.32 bits per heavy atom. The predicted octanol–water partition coefficient (Wildman–Crippen LogP) is 2.25. The van der Waals surface area contributed by atoms with E-state index in [1.165, 1.54) is 48.5 Å². The highest BCUT2D eigenvalue weighted by Gasteiger charge is 2.12. The van der Waals surface area contributed by atoms with Gasteiger partial charge in [-0.3, -0.25) is 14.9 Å². The minimum atomic E-state index is -3.40. The first-order chi connectivity index (χ1) is 10.3. The van der Waals surface area contributed by atoms with E-state index >= 15 is 0 Å². The van der Waals surface area contributed by atoms with Crippen LogP contribution in [0.25, 0.3) is 0 Å². The first-order valence-electron chi connectivity index (χ1n) is 6.13. The zero-order chi connectivity index (χ0) is 16.3. The summed E-state index contributed by atoms with van der Waals surface area (Å²) in [7, 11) is -3.40. The van der Waals surface area contributed by atoms with E-state index in [1.54, 1.807) is 0 Å². The van der Waals surface area contributed by atoms with Gasteiger partial charge in [0.25, 0.3) is 11.6 Å². The molecule has 0 radical (unpaired) electrons. The smallest absolute Gasteiger partial charge is 0.269 e. The van der Waals surface area contributed by atoms with Gasteiger partial charge in [-0.2, -0.15) is 0 Å². The van der Waals surface area contributed by atoms with Crippen molar-refractivity contribution in [2.45, 2.75) is 4.90 Å². The van der Waals surface area contributed by atoms with Crippen molar-refractivity contribution in [1.82, 2.24) is 0 Å². The van der Waals surface area contributed by atoms with Gasteiger partial charge in [-0.05, 0) is 30.3 Å². The topological polar surface area (TPSA) is 106 Å². The van der Waals surface area contributed by atoms with Crippen LogP contribution in [0.1, 0.15) is 10.4 Å². The minimum Gasteiger partial charge on any atom is -0.322 e. The average molecular weight is 320 g/mol. The van der Waals surface area contributed by atoms with E-state index in [1.807, 2.05) is 0 Å². The zero-order valence-electron chi connectivity index (χ0n) is 11.5. The second-order valence-corrected chi connectivity index (χ2v) is 6.57. The van der Waals surface area contributed by atoms with Crippen molar-refractivity contribution >= 4 is 27.1 Å². The summed E-state index contributed by atoms with van der Waals surface area (Å²) < 4.78 is 22.9. The Hall–Kier alpha value is -2.74. The molecule has 7 nitrogen and oxygen atoms in total. The summed E-state index contributed by atoms with van der Waals surface area (Å²) in [4.78, 5) is 22.1. The lowest BCUT2D eigenvalue weighted by Crippen LogP contribution is -2.12. The number of nitrogens with one attached hydrogen (secondary N) is 1. The number of carbonyl (C=O) groups is 1. The number of nitro groups is 1. The number of benzene rings is 2. The number of nitrogens with zero attached hydrogens (tertiary/aromatic N) is 1. The summed E-state index contributed by atoms with van der Waals surface area (Å²) >= 11 is 0. The first-order valence-corrected chi connectivity index (χ1v) is 8.02. The molecule has 0 saturated heterocycles. The number of nitro benzene ring substituents is 1. The van der Waals surface area contributed by atoms with Gasteiger partial charge in [-0.1, -0.05) is 6.07 Å². The third-order valence-corrected chi connectivity index (χ3v) is 3.97. The number of anilines is 1. The largest absolute Gasteiger partial charge is 0.322 e. The molecule has 0 heterocycles. The lowest BCUT2D eigenvalue weighted by molar-refractivity contribution is -0.384. The molecule has 0 aliphatic carbocycles. The summed E-state index contributed by atoms with van der Waals surface area (Å²) in [6, 6.07) is 11.0. The van der Waals surface area contributed by atoms with E-state index in [4.69, 9.17) is 0 Å². The van der Waals surface area contributed by atoms with E-state index in [2.05, 4.69) is 5.32 Å². The number of hydrogen-bond acceptors (Lipinski definition) is 5. The normalized spacial score (nSPS) is 11.0. The van der Waals surface area contributed by atoms with Crippen molar-refractivity contribution in [3.63, 3.8) is 0 Å². The van der Waals surface area contributed by atoms with Gasteiger partial charge in [0.1, 0.15) is 0 Å². The van der Waals surface area contributed by atoms with Gasteiger partial charge < -0.3 is 5.32 Å². The van der Waals surface area contributed by atoms with Crippen LogP contribution in [-0.2, 0) is 9.84 Å². The molecule has 2 aromatic carbocycles. The van der Waals surface area contributed by atoms with Gasteiger partial charge >= 0.3 is 0 Å². The highest BCUT2D eigenvalue weighted by atomic mass is 32.2. The Morgan fingerprint density at radius 1 is 1.14 bits per heavy atom. The molecule has 0 atom stereocenters. The number of hydrogen-bond donors (Lipinski definition) is 1. The highest BCUT2D eigenvalue weighted by molar-refractivity contribution is 7.90. The quantitative estimate of drug-likeness (QED) is 0.687. The van der Waals surface area contributed by atoms with Crippen molar-refractivity contribution < 1.29 is 18.1 Å². The van der Waals surface area contributed by atoms with E-state index in [9.17, 15) is 23.3 Å². The van der Waals surface area contributed by atoms with Crippen LogP contribution in [0.15, 0.2) is 53.4 Å². The van der Waals surface area contributed by atoms with Crippen LogP contribution >= 0.6 is 0 Å². The third-order valence-electron chi connectivity index (χ3n) is 2.86. The van der Waals surface area contributed by atoms with Gasteiger partial charge in [0.05, 0.1) is 9.82 Å². The van der Waals surface area contributed by atoms with Crippen molar-refractivity contribution in [2.75, 3.05) is 11.6 Å². The molecule has 0 aromatic heterocycles. The molecule has 0 aliphatic heterocycles. The van der Waals surface area contributed by atoms with Crippen LogP contribution < -0.4 is 5.32 Å². The third kappa shape index (κ3) is 3.67. The molecule has 0 unspecified atom stereocenters. The van der Waals surface area contributed by atoms with Gasteiger partial charge in [0.2, 0.25) is 0 Å². The molecule has 0 saturated carbocycles. The highest BCUT2D eigenvalue weighted by Crippen LogP contribution is 2.17. The van der Waals surface area contributed by atoms with Gasteiger partial charge in [-0.25, -0.2) is 8.42 Å². The first kappa shape index (κ1) is 15.6. The summed E-state index contributed by atoms with van der Waals surface area (Å²) in [5.74, 6) is -0.501. The minimum absolute atomic E-state index is 0.0452. The summed E-state index contributed by atoms with van der Waals surface area (Å²) in [5.41, 5.74) is 0.471.